The fourth-order valence-corrected chi connectivity index (χ4v) is 4.87. The van der Waals surface area contributed by atoms with E-state index in [0.29, 0.717) is 64.9 Å². The zero-order valence-electron chi connectivity index (χ0n) is 17.7. The van der Waals surface area contributed by atoms with Crippen molar-refractivity contribution in [2.45, 2.75) is 27.2 Å². The maximum absolute atomic E-state index is 13.0. The minimum atomic E-state index is -0.335. The van der Waals surface area contributed by atoms with Crippen LogP contribution >= 0.6 is 24.0 Å². The minimum absolute atomic E-state index is 0.0936. The van der Waals surface area contributed by atoms with Crippen molar-refractivity contribution in [1.82, 2.24) is 9.47 Å². The van der Waals surface area contributed by atoms with E-state index < -0.39 is 0 Å². The van der Waals surface area contributed by atoms with Crippen LogP contribution in [0.5, 0.6) is 0 Å². The number of anilines is 1. The number of rotatable bonds is 5. The molecule has 2 aliphatic heterocycles. The van der Waals surface area contributed by atoms with E-state index >= 15 is 0 Å². The molecule has 3 heterocycles. The third kappa shape index (κ3) is 4.31. The zero-order chi connectivity index (χ0) is 22.0. The summed E-state index contributed by atoms with van der Waals surface area (Å²) < 4.78 is 7.50. The molecule has 0 spiro atoms. The summed E-state index contributed by atoms with van der Waals surface area (Å²) in [5, 5.41) is 9.55. The highest BCUT2D eigenvalue weighted by atomic mass is 32.2. The molecule has 160 valence electrons. The summed E-state index contributed by atoms with van der Waals surface area (Å²) in [5.74, 6) is 1.05. The van der Waals surface area contributed by atoms with Gasteiger partial charge in [0.1, 0.15) is 21.8 Å². The third-order valence-corrected chi connectivity index (χ3v) is 6.74. The lowest BCUT2D eigenvalue weighted by Gasteiger charge is -2.32. The monoisotopic (exact) mass is 446 g/mol. The molecule has 7 nitrogen and oxygen atoms in total. The molecule has 2 saturated heterocycles. The second-order valence-corrected chi connectivity index (χ2v) is 9.50. The number of pyridine rings is 1. The molecule has 0 radical (unpaired) electrons. The molecule has 0 saturated carbocycles. The van der Waals surface area contributed by atoms with Crippen LogP contribution in [-0.2, 0) is 16.6 Å². The van der Waals surface area contributed by atoms with Crippen LogP contribution in [0.15, 0.2) is 9.70 Å². The Kier molecular flexibility index (Phi) is 7.01. The van der Waals surface area contributed by atoms with Gasteiger partial charge in [-0.25, -0.2) is 0 Å². The van der Waals surface area contributed by atoms with E-state index in [1.807, 2.05) is 6.07 Å². The van der Waals surface area contributed by atoms with Gasteiger partial charge in [-0.3, -0.25) is 19.1 Å². The van der Waals surface area contributed by atoms with Gasteiger partial charge in [0.15, 0.2) is 0 Å². The summed E-state index contributed by atoms with van der Waals surface area (Å²) in [6.45, 7) is 8.96. The Labute approximate surface area is 186 Å². The number of carbonyl (C=O) groups excluding carboxylic acids is 1. The SMILES string of the molecule is Cc1c(C=C2SC(=S)N(CCC(C)C)C2=O)c(N2CCOCC2)n(C)c(=O)c1C#N. The van der Waals surface area contributed by atoms with Crippen molar-refractivity contribution in [3.63, 3.8) is 0 Å². The molecule has 1 aromatic rings. The van der Waals surface area contributed by atoms with Gasteiger partial charge in [-0.2, -0.15) is 5.26 Å². The normalized spacial score (nSPS) is 18.6. The first kappa shape index (κ1) is 22.5. The number of aromatic nitrogens is 1. The van der Waals surface area contributed by atoms with Crippen LogP contribution in [0.2, 0.25) is 0 Å². The highest BCUT2D eigenvalue weighted by molar-refractivity contribution is 8.26. The van der Waals surface area contributed by atoms with Gasteiger partial charge in [-0.1, -0.05) is 37.8 Å². The van der Waals surface area contributed by atoms with Crippen molar-refractivity contribution in [3.8, 4) is 6.07 Å². The first-order chi connectivity index (χ1) is 14.3. The molecule has 0 aliphatic carbocycles. The maximum atomic E-state index is 13.0. The van der Waals surface area contributed by atoms with Gasteiger partial charge in [0.25, 0.3) is 11.5 Å². The first-order valence-electron chi connectivity index (χ1n) is 9.98. The predicted octanol–water partition coefficient (Wildman–Crippen LogP) is 2.65. The smallest absolute Gasteiger partial charge is 0.270 e. The van der Waals surface area contributed by atoms with Crippen molar-refractivity contribution in [2.24, 2.45) is 13.0 Å². The Bertz CT molecular complexity index is 1000. The van der Waals surface area contributed by atoms with Gasteiger partial charge in [-0.15, -0.1) is 0 Å². The van der Waals surface area contributed by atoms with Crippen LogP contribution in [-0.4, -0.2) is 52.5 Å². The number of thiocarbonyl (C=S) groups is 1. The average Bonchev–Trinajstić information content (AvgIpc) is 2.98. The molecular formula is C21H26N4O3S2. The molecule has 0 atom stereocenters. The Hall–Kier alpha value is -2.15. The van der Waals surface area contributed by atoms with Crippen LogP contribution in [0.1, 0.15) is 37.0 Å². The highest BCUT2D eigenvalue weighted by Crippen LogP contribution is 2.36. The fourth-order valence-electron chi connectivity index (χ4n) is 3.58. The van der Waals surface area contributed by atoms with E-state index in [0.717, 1.165) is 6.42 Å². The highest BCUT2D eigenvalue weighted by Gasteiger charge is 2.33. The van der Waals surface area contributed by atoms with Crippen LogP contribution in [0.4, 0.5) is 5.82 Å². The molecule has 0 N–H and O–H groups in total. The summed E-state index contributed by atoms with van der Waals surface area (Å²) in [6, 6.07) is 2.03. The second-order valence-electron chi connectivity index (χ2n) is 7.83. The Morgan fingerprint density at radius 3 is 2.57 bits per heavy atom. The van der Waals surface area contributed by atoms with Crippen LogP contribution < -0.4 is 10.5 Å². The minimum Gasteiger partial charge on any atom is -0.378 e. The lowest BCUT2D eigenvalue weighted by atomic mass is 10.0. The van der Waals surface area contributed by atoms with Gasteiger partial charge in [0.05, 0.1) is 18.1 Å². The van der Waals surface area contributed by atoms with Gasteiger partial charge in [-0.05, 0) is 30.9 Å². The number of morpholine rings is 1. The number of nitrogens with zero attached hydrogens (tertiary/aromatic N) is 4. The summed E-state index contributed by atoms with van der Waals surface area (Å²) in [6.07, 6.45) is 2.66. The van der Waals surface area contributed by atoms with E-state index in [-0.39, 0.29) is 17.0 Å². The number of amides is 1. The lowest BCUT2D eigenvalue weighted by molar-refractivity contribution is -0.122. The summed E-state index contributed by atoms with van der Waals surface area (Å²) in [5.41, 5.74) is 1.05. The quantitative estimate of drug-likeness (QED) is 0.508. The number of hydrogen-bond acceptors (Lipinski definition) is 7. The molecule has 1 amide bonds. The number of hydrogen-bond donors (Lipinski definition) is 0. The van der Waals surface area contributed by atoms with Crippen LogP contribution in [0.3, 0.4) is 0 Å². The van der Waals surface area contributed by atoms with Crippen LogP contribution in [0.25, 0.3) is 6.08 Å². The standard InChI is InChI=1S/C21H26N4O3S2/c1-13(2)5-6-25-20(27)17(30-21(25)29)11-15-14(3)16(12-22)19(26)23(4)18(15)24-7-9-28-10-8-24/h11,13H,5-10H2,1-4H3. The molecular weight excluding hydrogens is 420 g/mol. The topological polar surface area (TPSA) is 78.6 Å². The summed E-state index contributed by atoms with van der Waals surface area (Å²) in [4.78, 5) is 30.0. The number of nitriles is 1. The fraction of sp³-hybridized carbons (Fsp3) is 0.524. The maximum Gasteiger partial charge on any atom is 0.270 e. The molecule has 30 heavy (non-hydrogen) atoms. The second kappa shape index (κ2) is 9.33. The first-order valence-corrected chi connectivity index (χ1v) is 11.2. The van der Waals surface area contributed by atoms with E-state index in [2.05, 4.69) is 18.7 Å². The van der Waals surface area contributed by atoms with Crippen molar-refractivity contribution in [1.29, 1.82) is 5.26 Å². The van der Waals surface area contributed by atoms with E-state index in [9.17, 15) is 14.9 Å². The summed E-state index contributed by atoms with van der Waals surface area (Å²) in [7, 11) is 1.67. The van der Waals surface area contributed by atoms with E-state index in [1.165, 1.54) is 16.3 Å². The molecule has 3 rings (SSSR count). The molecule has 0 aromatic carbocycles. The van der Waals surface area contributed by atoms with Crippen molar-refractivity contribution < 1.29 is 9.53 Å². The molecule has 9 heteroatoms. The Morgan fingerprint density at radius 1 is 1.30 bits per heavy atom. The lowest BCUT2D eigenvalue weighted by Crippen LogP contribution is -2.40. The summed E-state index contributed by atoms with van der Waals surface area (Å²) >= 11 is 6.71. The Morgan fingerprint density at radius 2 is 1.97 bits per heavy atom. The third-order valence-electron chi connectivity index (χ3n) is 5.36. The number of carbonyl (C=O) groups is 1. The van der Waals surface area contributed by atoms with Crippen molar-refractivity contribution in [2.75, 3.05) is 37.7 Å². The van der Waals surface area contributed by atoms with Gasteiger partial charge in [0, 0.05) is 32.2 Å². The molecule has 0 unspecified atom stereocenters. The van der Waals surface area contributed by atoms with Gasteiger partial charge >= 0.3 is 0 Å². The number of ether oxygens (including phenoxy) is 1. The molecule has 0 bridgehead atoms. The molecule has 1 aromatic heterocycles. The van der Waals surface area contributed by atoms with E-state index in [4.69, 9.17) is 17.0 Å². The number of thioether (sulfide) groups is 1. The molecule has 2 fully saturated rings. The predicted molar refractivity (Wildman–Crippen MR) is 124 cm³/mol. The zero-order valence-corrected chi connectivity index (χ0v) is 19.4. The Balaban J connectivity index is 2.10. The largest absolute Gasteiger partial charge is 0.378 e. The van der Waals surface area contributed by atoms with Crippen LogP contribution in [0, 0.1) is 24.2 Å². The van der Waals surface area contributed by atoms with Crippen molar-refractivity contribution in [3.05, 3.63) is 31.9 Å². The van der Waals surface area contributed by atoms with E-state index in [1.54, 1.807) is 24.9 Å². The van der Waals surface area contributed by atoms with Gasteiger partial charge < -0.3 is 9.64 Å². The average molecular weight is 447 g/mol. The van der Waals surface area contributed by atoms with Crippen molar-refractivity contribution >= 4 is 46.1 Å². The van der Waals surface area contributed by atoms with Gasteiger partial charge in [0.2, 0.25) is 0 Å². The molecule has 2 aliphatic rings.